The molecule has 3 aromatic rings. The minimum absolute atomic E-state index is 0.00119. The van der Waals surface area contributed by atoms with E-state index in [9.17, 15) is 4.79 Å². The average Bonchev–Trinajstić information content (AvgIpc) is 3.49. The molecule has 0 radical (unpaired) electrons. The van der Waals surface area contributed by atoms with E-state index in [0.717, 1.165) is 30.1 Å². The van der Waals surface area contributed by atoms with Gasteiger partial charge in [0.2, 0.25) is 0 Å². The molecule has 0 unspecified atom stereocenters. The quantitative estimate of drug-likeness (QED) is 0.544. The maximum Gasteiger partial charge on any atom is 0.172 e. The van der Waals surface area contributed by atoms with E-state index in [0.29, 0.717) is 17.4 Å². The smallest absolute Gasteiger partial charge is 0.172 e. The molecule has 2 fully saturated rings. The van der Waals surface area contributed by atoms with Crippen molar-refractivity contribution in [2.45, 2.75) is 63.8 Å². The summed E-state index contributed by atoms with van der Waals surface area (Å²) in [5.74, 6) is 1.50. The van der Waals surface area contributed by atoms with Gasteiger partial charge in [0.1, 0.15) is 5.82 Å². The molecule has 0 spiro atoms. The van der Waals surface area contributed by atoms with Gasteiger partial charge >= 0.3 is 0 Å². The Bertz CT molecular complexity index is 1050. The Hall–Kier alpha value is -2.80. The molecule has 2 aliphatic rings. The molecule has 1 saturated heterocycles. The molecule has 32 heavy (non-hydrogen) atoms. The molecule has 1 saturated carbocycles. The van der Waals surface area contributed by atoms with Crippen LogP contribution in [0.4, 0.5) is 5.82 Å². The number of carbonyl (C=O) groups excluding carboxylic acids is 1. The fourth-order valence-corrected chi connectivity index (χ4v) is 4.85. The lowest BCUT2D eigenvalue weighted by atomic mass is 9.95. The van der Waals surface area contributed by atoms with Crippen LogP contribution in [-0.4, -0.2) is 55.9 Å². The van der Waals surface area contributed by atoms with Crippen LogP contribution >= 0.6 is 0 Å². The highest BCUT2D eigenvalue weighted by molar-refractivity contribution is 5.96. The summed E-state index contributed by atoms with van der Waals surface area (Å²) in [6.45, 7) is 3.43. The Morgan fingerprint density at radius 2 is 1.88 bits per heavy atom. The van der Waals surface area contributed by atoms with Crippen molar-refractivity contribution < 1.29 is 4.79 Å². The van der Waals surface area contributed by atoms with Crippen LogP contribution in [0.25, 0.3) is 5.65 Å². The van der Waals surface area contributed by atoms with Crippen LogP contribution in [0, 0.1) is 0 Å². The topological polar surface area (TPSA) is 75.4 Å². The number of Topliss-reactive ketones (excluding diaryl/α,β-unsaturated/α-hetero) is 1. The van der Waals surface area contributed by atoms with Crippen molar-refractivity contribution in [1.82, 2.24) is 24.5 Å². The second-order valence-electron chi connectivity index (χ2n) is 9.13. The normalized spacial score (nSPS) is 17.8. The minimum Gasteiger partial charge on any atom is -0.367 e. The maximum atomic E-state index is 12.8. The molecule has 0 bridgehead atoms. The second kappa shape index (κ2) is 9.77. The Morgan fingerprint density at radius 3 is 2.66 bits per heavy atom. The number of nitrogens with zero attached hydrogens (tertiary/aromatic N) is 5. The van der Waals surface area contributed by atoms with Crippen molar-refractivity contribution in [1.29, 1.82) is 0 Å². The fourth-order valence-electron chi connectivity index (χ4n) is 4.85. The average molecular weight is 433 g/mol. The number of fused-ring (bicyclic) bond motifs is 1. The number of pyridine rings is 2. The van der Waals surface area contributed by atoms with E-state index < -0.39 is 0 Å². The maximum absolute atomic E-state index is 12.8. The summed E-state index contributed by atoms with van der Waals surface area (Å²) in [6.07, 6.45) is 11.7. The number of ketones is 1. The highest BCUT2D eigenvalue weighted by Gasteiger charge is 2.17. The van der Waals surface area contributed by atoms with E-state index in [1.165, 1.54) is 58.0 Å². The van der Waals surface area contributed by atoms with Crippen molar-refractivity contribution >= 4 is 17.2 Å². The highest BCUT2D eigenvalue weighted by atomic mass is 16.1. The first-order valence-corrected chi connectivity index (χ1v) is 12.1. The molecule has 4 heterocycles. The molecule has 7 heteroatoms. The molecule has 1 aliphatic heterocycles. The van der Waals surface area contributed by atoms with Crippen LogP contribution in [0.3, 0.4) is 0 Å². The van der Waals surface area contributed by atoms with Crippen LogP contribution < -0.4 is 5.32 Å². The first-order chi connectivity index (χ1) is 15.7. The van der Waals surface area contributed by atoms with Gasteiger partial charge in [-0.25, -0.2) is 4.98 Å². The predicted octanol–water partition coefficient (Wildman–Crippen LogP) is 3.93. The zero-order valence-electron chi connectivity index (χ0n) is 18.7. The Labute approximate surface area is 189 Å². The number of anilines is 1. The predicted molar refractivity (Wildman–Crippen MR) is 125 cm³/mol. The summed E-state index contributed by atoms with van der Waals surface area (Å²) in [7, 11) is 0. The van der Waals surface area contributed by atoms with Crippen molar-refractivity contribution in [2.75, 3.05) is 25.0 Å². The zero-order chi connectivity index (χ0) is 21.8. The monoisotopic (exact) mass is 432 g/mol. The second-order valence-corrected chi connectivity index (χ2v) is 9.13. The van der Waals surface area contributed by atoms with E-state index in [1.54, 1.807) is 6.20 Å². The summed E-state index contributed by atoms with van der Waals surface area (Å²) >= 11 is 0. The van der Waals surface area contributed by atoms with E-state index in [-0.39, 0.29) is 12.2 Å². The van der Waals surface area contributed by atoms with Crippen molar-refractivity contribution in [3.8, 4) is 0 Å². The van der Waals surface area contributed by atoms with E-state index in [1.807, 2.05) is 34.8 Å². The SMILES string of the molecule is O=C(Cc1nc2cccc(NC3CCCCC3)n2n1)c1ccc(CCN2CCCC2)nc1. The summed E-state index contributed by atoms with van der Waals surface area (Å²) in [4.78, 5) is 24.4. The lowest BCUT2D eigenvalue weighted by Crippen LogP contribution is -2.23. The third-order valence-electron chi connectivity index (χ3n) is 6.71. The van der Waals surface area contributed by atoms with Gasteiger partial charge in [0.15, 0.2) is 17.3 Å². The van der Waals surface area contributed by atoms with Crippen LogP contribution in [0.5, 0.6) is 0 Å². The summed E-state index contributed by atoms with van der Waals surface area (Å²) in [5, 5.41) is 8.25. The van der Waals surface area contributed by atoms with Gasteiger partial charge in [-0.3, -0.25) is 9.78 Å². The third-order valence-corrected chi connectivity index (χ3v) is 6.71. The number of nitrogens with one attached hydrogen (secondary N) is 1. The largest absolute Gasteiger partial charge is 0.367 e. The number of carbonyl (C=O) groups is 1. The van der Waals surface area contributed by atoms with E-state index in [2.05, 4.69) is 25.3 Å². The van der Waals surface area contributed by atoms with Gasteiger partial charge in [-0.15, -0.1) is 5.10 Å². The van der Waals surface area contributed by atoms with Crippen LogP contribution in [0.1, 0.15) is 66.8 Å². The molecule has 1 N–H and O–H groups in total. The van der Waals surface area contributed by atoms with Crippen molar-refractivity contribution in [3.63, 3.8) is 0 Å². The minimum atomic E-state index is 0.00119. The Kier molecular flexibility index (Phi) is 6.44. The standard InChI is InChI=1S/C25H32N6O/c32-22(19-11-12-20(26-18-19)13-16-30-14-4-5-15-30)17-23-28-25-10-6-9-24(31(25)29-23)27-21-7-2-1-3-8-21/h6,9-12,18,21,27H,1-5,7-8,13-17H2. The van der Waals surface area contributed by atoms with Gasteiger partial charge in [-0.2, -0.15) is 4.52 Å². The molecule has 0 amide bonds. The number of hydrogen-bond donors (Lipinski definition) is 1. The summed E-state index contributed by atoms with van der Waals surface area (Å²) in [6, 6.07) is 10.3. The highest BCUT2D eigenvalue weighted by Crippen LogP contribution is 2.22. The lowest BCUT2D eigenvalue weighted by molar-refractivity contribution is 0.0990. The molecular weight excluding hydrogens is 400 g/mol. The van der Waals surface area contributed by atoms with Gasteiger partial charge < -0.3 is 10.2 Å². The van der Waals surface area contributed by atoms with Crippen LogP contribution in [-0.2, 0) is 12.8 Å². The van der Waals surface area contributed by atoms with Crippen molar-refractivity contribution in [2.24, 2.45) is 0 Å². The van der Waals surface area contributed by atoms with Gasteiger partial charge in [0.05, 0.1) is 6.42 Å². The molecule has 7 nitrogen and oxygen atoms in total. The lowest BCUT2D eigenvalue weighted by Gasteiger charge is -2.23. The van der Waals surface area contributed by atoms with E-state index >= 15 is 0 Å². The molecule has 5 rings (SSSR count). The molecule has 168 valence electrons. The number of rotatable bonds is 8. The Balaban J connectivity index is 1.22. The third kappa shape index (κ3) is 4.99. The molecule has 0 atom stereocenters. The van der Waals surface area contributed by atoms with Crippen molar-refractivity contribution in [3.05, 3.63) is 53.6 Å². The van der Waals surface area contributed by atoms with Gasteiger partial charge in [0.25, 0.3) is 0 Å². The molecular formula is C25H32N6O. The van der Waals surface area contributed by atoms with Gasteiger partial charge in [0, 0.05) is 36.5 Å². The number of likely N-dealkylation sites (tertiary alicyclic amines) is 1. The fraction of sp³-hybridized carbons (Fsp3) is 0.520. The summed E-state index contributed by atoms with van der Waals surface area (Å²) < 4.78 is 1.83. The van der Waals surface area contributed by atoms with Crippen LogP contribution in [0.2, 0.25) is 0 Å². The van der Waals surface area contributed by atoms with Crippen LogP contribution in [0.15, 0.2) is 36.5 Å². The first-order valence-electron chi connectivity index (χ1n) is 12.1. The summed E-state index contributed by atoms with van der Waals surface area (Å²) in [5.41, 5.74) is 2.43. The van der Waals surface area contributed by atoms with Gasteiger partial charge in [-0.05, 0) is 63.0 Å². The zero-order valence-corrected chi connectivity index (χ0v) is 18.7. The molecule has 0 aromatic carbocycles. The molecule has 3 aromatic heterocycles. The number of aromatic nitrogens is 4. The van der Waals surface area contributed by atoms with Gasteiger partial charge in [-0.1, -0.05) is 25.3 Å². The number of hydrogen-bond acceptors (Lipinski definition) is 6. The first kappa shape index (κ1) is 21.1. The van der Waals surface area contributed by atoms with E-state index in [4.69, 9.17) is 0 Å². The Morgan fingerprint density at radius 1 is 1.03 bits per heavy atom. The molecule has 1 aliphatic carbocycles.